The molecule has 0 aliphatic carbocycles. The Hall–Kier alpha value is -1.86. The van der Waals surface area contributed by atoms with Gasteiger partial charge < -0.3 is 5.73 Å². The zero-order valence-electron chi connectivity index (χ0n) is 11.7. The summed E-state index contributed by atoms with van der Waals surface area (Å²) in [5.74, 6) is 0. The lowest BCUT2D eigenvalue weighted by molar-refractivity contribution is 0.580. The molecule has 0 aliphatic heterocycles. The van der Waals surface area contributed by atoms with Crippen LogP contribution in [0.3, 0.4) is 0 Å². The van der Waals surface area contributed by atoms with Crippen LogP contribution in [0.2, 0.25) is 0 Å². The highest BCUT2D eigenvalue weighted by atomic mass is 32.2. The van der Waals surface area contributed by atoms with Crippen molar-refractivity contribution in [2.45, 2.75) is 25.3 Å². The number of nitrogen functional groups attached to an aromatic ring is 1. The Balaban J connectivity index is 2.24. The summed E-state index contributed by atoms with van der Waals surface area (Å²) in [7, 11) is -1.77. The van der Waals surface area contributed by atoms with Crippen LogP contribution < -0.4 is 10.5 Å². The first-order valence-corrected chi connectivity index (χ1v) is 7.63. The van der Waals surface area contributed by atoms with Crippen LogP contribution in [0.25, 0.3) is 0 Å². The summed E-state index contributed by atoms with van der Waals surface area (Å²) in [6, 6.07) is 4.86. The number of anilines is 1. The molecular weight excluding hydrogens is 276 g/mol. The Morgan fingerprint density at radius 1 is 1.35 bits per heavy atom. The molecule has 0 atom stereocenters. The van der Waals surface area contributed by atoms with E-state index in [2.05, 4.69) is 9.82 Å². The van der Waals surface area contributed by atoms with Gasteiger partial charge in [0.25, 0.3) is 0 Å². The van der Waals surface area contributed by atoms with Crippen molar-refractivity contribution in [3.05, 3.63) is 41.2 Å². The average molecular weight is 294 g/mol. The van der Waals surface area contributed by atoms with Crippen LogP contribution >= 0.6 is 0 Å². The minimum absolute atomic E-state index is 0.205. The Labute approximate surface area is 118 Å². The number of aryl methyl sites for hydroxylation is 1. The van der Waals surface area contributed by atoms with E-state index in [0.717, 1.165) is 11.3 Å². The van der Waals surface area contributed by atoms with E-state index in [1.807, 2.05) is 14.0 Å². The minimum Gasteiger partial charge on any atom is -0.398 e. The van der Waals surface area contributed by atoms with Crippen LogP contribution in [0.15, 0.2) is 29.3 Å². The fourth-order valence-corrected chi connectivity index (χ4v) is 3.17. The van der Waals surface area contributed by atoms with Crippen molar-refractivity contribution in [2.75, 3.05) is 5.73 Å². The zero-order valence-corrected chi connectivity index (χ0v) is 12.5. The third-order valence-electron chi connectivity index (χ3n) is 3.41. The molecule has 3 N–H and O–H groups in total. The summed E-state index contributed by atoms with van der Waals surface area (Å²) in [4.78, 5) is 0.207. The lowest BCUT2D eigenvalue weighted by Crippen LogP contribution is -2.24. The summed E-state index contributed by atoms with van der Waals surface area (Å²) >= 11 is 0. The van der Waals surface area contributed by atoms with E-state index in [0.29, 0.717) is 11.3 Å². The molecule has 0 bridgehead atoms. The van der Waals surface area contributed by atoms with Crippen LogP contribution in [0, 0.1) is 13.8 Å². The Bertz CT molecular complexity index is 735. The van der Waals surface area contributed by atoms with Gasteiger partial charge in [0.1, 0.15) is 0 Å². The molecule has 1 heterocycles. The maximum atomic E-state index is 12.3. The molecule has 0 fully saturated rings. The Morgan fingerprint density at radius 3 is 2.65 bits per heavy atom. The van der Waals surface area contributed by atoms with E-state index >= 15 is 0 Å². The summed E-state index contributed by atoms with van der Waals surface area (Å²) in [6.07, 6.45) is 1.66. The molecule has 0 spiro atoms. The number of nitrogens with two attached hydrogens (primary N) is 1. The highest BCUT2D eigenvalue weighted by Gasteiger charge is 2.18. The number of rotatable bonds is 4. The molecule has 20 heavy (non-hydrogen) atoms. The molecule has 0 amide bonds. The first-order chi connectivity index (χ1) is 9.33. The van der Waals surface area contributed by atoms with Crippen molar-refractivity contribution in [2.24, 2.45) is 7.05 Å². The van der Waals surface area contributed by atoms with Crippen molar-refractivity contribution in [3.8, 4) is 0 Å². The van der Waals surface area contributed by atoms with E-state index in [1.165, 1.54) is 0 Å². The fourth-order valence-electron chi connectivity index (χ4n) is 1.89. The standard InChI is InChI=1S/C13H18N4O2S/c1-9-12(14)5-4-6-13(9)20(18,19)16-8-11-7-15-17(3)10(11)2/h4-7,16H,8,14H2,1-3H3. The van der Waals surface area contributed by atoms with E-state index in [9.17, 15) is 8.42 Å². The molecule has 6 nitrogen and oxygen atoms in total. The average Bonchev–Trinajstić information content (AvgIpc) is 2.71. The maximum absolute atomic E-state index is 12.3. The van der Waals surface area contributed by atoms with Crippen molar-refractivity contribution in [1.82, 2.24) is 14.5 Å². The third kappa shape index (κ3) is 2.68. The van der Waals surface area contributed by atoms with Gasteiger partial charge in [-0.3, -0.25) is 4.68 Å². The number of sulfonamides is 1. The topological polar surface area (TPSA) is 90.0 Å². The highest BCUT2D eigenvalue weighted by Crippen LogP contribution is 2.20. The first-order valence-electron chi connectivity index (χ1n) is 6.15. The first kappa shape index (κ1) is 14.5. The van der Waals surface area contributed by atoms with Crippen LogP contribution in [0.5, 0.6) is 0 Å². The number of hydrogen-bond acceptors (Lipinski definition) is 4. The Morgan fingerprint density at radius 2 is 2.05 bits per heavy atom. The second-order valence-electron chi connectivity index (χ2n) is 4.67. The van der Waals surface area contributed by atoms with Crippen LogP contribution in [-0.2, 0) is 23.6 Å². The van der Waals surface area contributed by atoms with Crippen molar-refractivity contribution in [1.29, 1.82) is 0 Å². The number of benzene rings is 1. The van der Waals surface area contributed by atoms with E-state index in [4.69, 9.17) is 5.73 Å². The molecule has 0 aliphatic rings. The van der Waals surface area contributed by atoms with Gasteiger partial charge in [-0.15, -0.1) is 0 Å². The molecule has 0 unspecified atom stereocenters. The van der Waals surface area contributed by atoms with Gasteiger partial charge in [-0.25, -0.2) is 13.1 Å². The third-order valence-corrected chi connectivity index (χ3v) is 4.95. The van der Waals surface area contributed by atoms with Crippen LogP contribution in [-0.4, -0.2) is 18.2 Å². The summed E-state index contributed by atoms with van der Waals surface area (Å²) < 4.78 is 28.9. The van der Waals surface area contributed by atoms with Gasteiger partial charge in [-0.05, 0) is 31.5 Å². The molecule has 0 saturated heterocycles. The molecule has 2 rings (SSSR count). The lowest BCUT2D eigenvalue weighted by atomic mass is 10.2. The smallest absolute Gasteiger partial charge is 0.241 e. The predicted molar refractivity (Wildman–Crippen MR) is 77.6 cm³/mol. The van der Waals surface area contributed by atoms with Crippen molar-refractivity contribution < 1.29 is 8.42 Å². The van der Waals surface area contributed by atoms with Crippen LogP contribution in [0.1, 0.15) is 16.8 Å². The maximum Gasteiger partial charge on any atom is 0.241 e. The number of nitrogens with zero attached hydrogens (tertiary/aromatic N) is 2. The van der Waals surface area contributed by atoms with Gasteiger partial charge in [-0.1, -0.05) is 6.07 Å². The van der Waals surface area contributed by atoms with Gasteiger partial charge in [0.05, 0.1) is 11.1 Å². The SMILES string of the molecule is Cc1c(N)cccc1S(=O)(=O)NCc1cnn(C)c1C. The summed E-state index contributed by atoms with van der Waals surface area (Å²) in [6.45, 7) is 3.79. The quantitative estimate of drug-likeness (QED) is 0.826. The van der Waals surface area contributed by atoms with Crippen molar-refractivity contribution in [3.63, 3.8) is 0 Å². The number of nitrogens with one attached hydrogen (secondary N) is 1. The second kappa shape index (κ2) is 5.26. The molecule has 0 radical (unpaired) electrons. The van der Waals surface area contributed by atoms with Gasteiger partial charge in [0.2, 0.25) is 10.0 Å². The summed E-state index contributed by atoms with van der Waals surface area (Å²) in [5, 5.41) is 4.08. The monoisotopic (exact) mass is 294 g/mol. The van der Waals surface area contributed by atoms with Crippen LogP contribution in [0.4, 0.5) is 5.69 Å². The minimum atomic E-state index is -3.59. The molecule has 1 aromatic carbocycles. The van der Waals surface area contributed by atoms with E-state index in [1.54, 1.807) is 36.0 Å². The van der Waals surface area contributed by atoms with Gasteiger partial charge in [-0.2, -0.15) is 5.10 Å². The number of aromatic nitrogens is 2. The van der Waals surface area contributed by atoms with Crippen molar-refractivity contribution >= 4 is 15.7 Å². The molecular formula is C13H18N4O2S. The fraction of sp³-hybridized carbons (Fsp3) is 0.308. The van der Waals surface area contributed by atoms with E-state index in [-0.39, 0.29) is 11.4 Å². The summed E-state index contributed by atoms with van der Waals surface area (Å²) in [5.41, 5.74) is 8.54. The molecule has 0 saturated carbocycles. The zero-order chi connectivity index (χ0) is 14.9. The molecule has 108 valence electrons. The number of hydrogen-bond donors (Lipinski definition) is 2. The second-order valence-corrected chi connectivity index (χ2v) is 6.41. The van der Waals surface area contributed by atoms with E-state index < -0.39 is 10.0 Å². The highest BCUT2D eigenvalue weighted by molar-refractivity contribution is 7.89. The van der Waals surface area contributed by atoms with Gasteiger partial charge in [0, 0.05) is 30.5 Å². The lowest BCUT2D eigenvalue weighted by Gasteiger charge is -2.10. The molecule has 2 aromatic rings. The van der Waals surface area contributed by atoms with Gasteiger partial charge in [0.15, 0.2) is 0 Å². The molecule has 1 aromatic heterocycles. The normalized spacial score (nSPS) is 11.8. The molecule has 7 heteroatoms. The predicted octanol–water partition coefficient (Wildman–Crippen LogP) is 1.10. The van der Waals surface area contributed by atoms with Gasteiger partial charge >= 0.3 is 0 Å². The Kier molecular flexibility index (Phi) is 3.82. The largest absolute Gasteiger partial charge is 0.398 e.